The zero-order valence-corrected chi connectivity index (χ0v) is 9.26. The van der Waals surface area contributed by atoms with Gasteiger partial charge in [0, 0.05) is 5.56 Å². The summed E-state index contributed by atoms with van der Waals surface area (Å²) in [5.41, 5.74) is -0.306. The van der Waals surface area contributed by atoms with Crippen LogP contribution >= 0.6 is 15.9 Å². The summed E-state index contributed by atoms with van der Waals surface area (Å²) in [7, 11) is 1.24. The van der Waals surface area contributed by atoms with Crippen LogP contribution in [0.15, 0.2) is 22.7 Å². The standard InChI is InChI=1S/C9H8BrF3O2/c1-15-7-5(3-2-4-6(7)10)8(14)9(11,12)13/h2-4,8,14H,1H3. The molecule has 0 saturated heterocycles. The van der Waals surface area contributed by atoms with Crippen LogP contribution in [0.1, 0.15) is 11.7 Å². The molecule has 0 aliphatic heterocycles. The second-order valence-corrected chi connectivity index (χ2v) is 3.66. The Morgan fingerprint density at radius 1 is 1.40 bits per heavy atom. The number of alkyl halides is 3. The van der Waals surface area contributed by atoms with Crippen LogP contribution in [0, 0.1) is 0 Å². The number of benzene rings is 1. The summed E-state index contributed by atoms with van der Waals surface area (Å²) >= 11 is 3.04. The van der Waals surface area contributed by atoms with Crippen molar-refractivity contribution in [3.63, 3.8) is 0 Å². The quantitative estimate of drug-likeness (QED) is 0.905. The van der Waals surface area contributed by atoms with Crippen molar-refractivity contribution < 1.29 is 23.0 Å². The Kier molecular flexibility index (Phi) is 3.62. The Bertz CT molecular complexity index is 352. The first-order chi connectivity index (χ1) is 6.88. The molecule has 15 heavy (non-hydrogen) atoms. The summed E-state index contributed by atoms with van der Waals surface area (Å²) in [5.74, 6) is -0.0117. The fourth-order valence-electron chi connectivity index (χ4n) is 1.13. The predicted octanol–water partition coefficient (Wildman–Crippen LogP) is 3.05. The molecule has 0 aliphatic rings. The van der Waals surface area contributed by atoms with Crippen molar-refractivity contribution in [2.24, 2.45) is 0 Å². The number of halogens is 4. The van der Waals surface area contributed by atoms with E-state index in [0.29, 0.717) is 4.47 Å². The minimum atomic E-state index is -4.70. The highest BCUT2D eigenvalue weighted by molar-refractivity contribution is 9.10. The third kappa shape index (κ3) is 2.63. The molecular weight excluding hydrogens is 277 g/mol. The summed E-state index contributed by atoms with van der Waals surface area (Å²) in [6, 6.07) is 4.10. The molecule has 0 heterocycles. The lowest BCUT2D eigenvalue weighted by atomic mass is 10.1. The van der Waals surface area contributed by atoms with Crippen LogP contribution < -0.4 is 4.74 Å². The molecule has 0 bridgehead atoms. The highest BCUT2D eigenvalue weighted by Crippen LogP contribution is 2.39. The van der Waals surface area contributed by atoms with Gasteiger partial charge in [0.2, 0.25) is 0 Å². The van der Waals surface area contributed by atoms with Crippen LogP contribution in [0.2, 0.25) is 0 Å². The van der Waals surface area contributed by atoms with Crippen molar-refractivity contribution in [3.05, 3.63) is 28.2 Å². The van der Waals surface area contributed by atoms with Gasteiger partial charge in [-0.3, -0.25) is 0 Å². The Hall–Kier alpha value is -0.750. The molecule has 0 radical (unpaired) electrons. The summed E-state index contributed by atoms with van der Waals surface area (Å²) in [4.78, 5) is 0. The summed E-state index contributed by atoms with van der Waals surface area (Å²) in [6.07, 6.45) is -7.24. The molecule has 1 N–H and O–H groups in total. The average Bonchev–Trinajstić information content (AvgIpc) is 2.14. The topological polar surface area (TPSA) is 29.5 Å². The SMILES string of the molecule is COc1c(Br)cccc1C(O)C(F)(F)F. The van der Waals surface area contributed by atoms with E-state index in [-0.39, 0.29) is 11.3 Å². The van der Waals surface area contributed by atoms with E-state index >= 15 is 0 Å². The summed E-state index contributed by atoms with van der Waals surface area (Å²) < 4.78 is 41.9. The van der Waals surface area contributed by atoms with Gasteiger partial charge in [-0.1, -0.05) is 12.1 Å². The minimum absolute atomic E-state index is 0.0117. The van der Waals surface area contributed by atoms with Gasteiger partial charge in [-0.25, -0.2) is 0 Å². The molecule has 1 unspecified atom stereocenters. The molecular formula is C9H8BrF3O2. The molecule has 6 heteroatoms. The van der Waals surface area contributed by atoms with Crippen LogP contribution in [0.4, 0.5) is 13.2 Å². The van der Waals surface area contributed by atoms with Crippen LogP contribution in [0.25, 0.3) is 0 Å². The molecule has 1 aromatic carbocycles. The maximum atomic E-state index is 12.3. The van der Waals surface area contributed by atoms with E-state index in [1.54, 1.807) is 0 Å². The Morgan fingerprint density at radius 2 is 2.00 bits per heavy atom. The number of rotatable bonds is 2. The maximum absolute atomic E-state index is 12.3. The lowest BCUT2D eigenvalue weighted by Crippen LogP contribution is -2.20. The molecule has 1 rings (SSSR count). The first kappa shape index (κ1) is 12.3. The van der Waals surface area contributed by atoms with Crippen molar-refractivity contribution in [1.82, 2.24) is 0 Å². The zero-order chi connectivity index (χ0) is 11.6. The lowest BCUT2D eigenvalue weighted by molar-refractivity contribution is -0.207. The van der Waals surface area contributed by atoms with E-state index in [0.717, 1.165) is 0 Å². The van der Waals surface area contributed by atoms with Crippen molar-refractivity contribution in [1.29, 1.82) is 0 Å². The van der Waals surface area contributed by atoms with Crippen LogP contribution in [-0.2, 0) is 0 Å². The monoisotopic (exact) mass is 284 g/mol. The van der Waals surface area contributed by atoms with Crippen molar-refractivity contribution in [3.8, 4) is 5.75 Å². The van der Waals surface area contributed by atoms with Crippen LogP contribution in [-0.4, -0.2) is 18.4 Å². The molecule has 0 amide bonds. The minimum Gasteiger partial charge on any atom is -0.495 e. The van der Waals surface area contributed by atoms with Crippen molar-refractivity contribution >= 4 is 15.9 Å². The van der Waals surface area contributed by atoms with E-state index in [4.69, 9.17) is 9.84 Å². The molecule has 0 aromatic heterocycles. The molecule has 0 spiro atoms. The average molecular weight is 285 g/mol. The predicted molar refractivity (Wildman–Crippen MR) is 51.7 cm³/mol. The molecule has 1 aromatic rings. The summed E-state index contributed by atoms with van der Waals surface area (Å²) in [5, 5.41) is 9.07. The molecule has 0 fully saturated rings. The normalized spacial score (nSPS) is 13.7. The van der Waals surface area contributed by atoms with E-state index in [2.05, 4.69) is 15.9 Å². The fraction of sp³-hybridized carbons (Fsp3) is 0.333. The van der Waals surface area contributed by atoms with Gasteiger partial charge in [0.15, 0.2) is 6.10 Å². The van der Waals surface area contributed by atoms with Gasteiger partial charge < -0.3 is 9.84 Å². The number of para-hydroxylation sites is 1. The van der Waals surface area contributed by atoms with Gasteiger partial charge in [0.1, 0.15) is 5.75 Å². The first-order valence-electron chi connectivity index (χ1n) is 3.95. The molecule has 2 nitrogen and oxygen atoms in total. The van der Waals surface area contributed by atoms with Gasteiger partial charge in [0.25, 0.3) is 0 Å². The highest BCUT2D eigenvalue weighted by atomic mass is 79.9. The van der Waals surface area contributed by atoms with Crippen molar-refractivity contribution in [2.45, 2.75) is 12.3 Å². The third-order valence-electron chi connectivity index (χ3n) is 1.81. The van der Waals surface area contributed by atoms with Crippen LogP contribution in [0.3, 0.4) is 0 Å². The maximum Gasteiger partial charge on any atom is 0.418 e. The van der Waals surface area contributed by atoms with Gasteiger partial charge in [-0.05, 0) is 22.0 Å². The van der Waals surface area contributed by atoms with Gasteiger partial charge in [0.05, 0.1) is 11.6 Å². The molecule has 84 valence electrons. The molecule has 1 atom stereocenters. The second kappa shape index (κ2) is 4.40. The largest absolute Gasteiger partial charge is 0.495 e. The molecule has 0 aliphatic carbocycles. The van der Waals surface area contributed by atoms with Gasteiger partial charge in [-0.2, -0.15) is 13.2 Å². The number of aliphatic hydroxyl groups excluding tert-OH is 1. The number of methoxy groups -OCH3 is 1. The number of hydrogen-bond acceptors (Lipinski definition) is 2. The van der Waals surface area contributed by atoms with E-state index < -0.39 is 12.3 Å². The van der Waals surface area contributed by atoms with E-state index in [1.165, 1.54) is 25.3 Å². The zero-order valence-electron chi connectivity index (χ0n) is 7.68. The van der Waals surface area contributed by atoms with E-state index in [1.807, 2.05) is 0 Å². The lowest BCUT2D eigenvalue weighted by Gasteiger charge is -2.18. The first-order valence-corrected chi connectivity index (χ1v) is 4.74. The van der Waals surface area contributed by atoms with Crippen molar-refractivity contribution in [2.75, 3.05) is 7.11 Å². The van der Waals surface area contributed by atoms with Gasteiger partial charge >= 0.3 is 6.18 Å². The van der Waals surface area contributed by atoms with Crippen LogP contribution in [0.5, 0.6) is 5.75 Å². The Morgan fingerprint density at radius 3 is 2.47 bits per heavy atom. The Labute approximate surface area is 92.8 Å². The number of ether oxygens (including phenoxy) is 1. The number of aliphatic hydroxyl groups is 1. The van der Waals surface area contributed by atoms with Gasteiger partial charge in [-0.15, -0.1) is 0 Å². The third-order valence-corrected chi connectivity index (χ3v) is 2.43. The van der Waals surface area contributed by atoms with E-state index in [9.17, 15) is 13.2 Å². The molecule has 0 saturated carbocycles. The second-order valence-electron chi connectivity index (χ2n) is 2.81. The smallest absolute Gasteiger partial charge is 0.418 e. The number of hydrogen-bond donors (Lipinski definition) is 1. The fourth-order valence-corrected chi connectivity index (χ4v) is 1.68. The highest BCUT2D eigenvalue weighted by Gasteiger charge is 2.41. The summed E-state index contributed by atoms with van der Waals surface area (Å²) in [6.45, 7) is 0. The Balaban J connectivity index is 3.20.